The fourth-order valence-electron chi connectivity index (χ4n) is 2.20. The van der Waals surface area contributed by atoms with Crippen LogP contribution in [0.25, 0.3) is 11.3 Å². The Morgan fingerprint density at radius 3 is 2.71 bits per heavy atom. The number of amides is 1. The molecule has 112 valence electrons. The van der Waals surface area contributed by atoms with E-state index in [1.807, 2.05) is 30.3 Å². The Bertz CT molecular complexity index is 548. The summed E-state index contributed by atoms with van der Waals surface area (Å²) < 4.78 is 0. The molecule has 1 atom stereocenters. The first-order chi connectivity index (χ1) is 10.2. The van der Waals surface area contributed by atoms with Crippen LogP contribution in [0.2, 0.25) is 0 Å². The molecule has 0 fully saturated rings. The lowest BCUT2D eigenvalue weighted by atomic mass is 10.1. The highest BCUT2D eigenvalue weighted by Gasteiger charge is 2.08. The third-order valence-corrected chi connectivity index (χ3v) is 3.36. The molecular formula is C16H22N4O. The Morgan fingerprint density at radius 1 is 1.33 bits per heavy atom. The van der Waals surface area contributed by atoms with Crippen LogP contribution in [0, 0.1) is 0 Å². The molecule has 0 aliphatic carbocycles. The number of benzene rings is 1. The Hall–Kier alpha value is -2.14. The summed E-state index contributed by atoms with van der Waals surface area (Å²) in [7, 11) is 0. The van der Waals surface area contributed by atoms with E-state index in [1.54, 1.807) is 6.20 Å². The number of hydrogen-bond donors (Lipinski definition) is 3. The molecule has 0 saturated heterocycles. The van der Waals surface area contributed by atoms with Gasteiger partial charge in [-0.3, -0.25) is 9.89 Å². The van der Waals surface area contributed by atoms with Crippen LogP contribution in [-0.4, -0.2) is 22.1 Å². The van der Waals surface area contributed by atoms with Crippen LogP contribution in [0.15, 0.2) is 36.5 Å². The molecule has 21 heavy (non-hydrogen) atoms. The van der Waals surface area contributed by atoms with E-state index < -0.39 is 0 Å². The van der Waals surface area contributed by atoms with Gasteiger partial charge in [-0.1, -0.05) is 37.6 Å². The normalized spacial score (nSPS) is 12.1. The first-order valence-electron chi connectivity index (χ1n) is 7.30. The van der Waals surface area contributed by atoms with Crippen LogP contribution in [0.5, 0.6) is 0 Å². The van der Waals surface area contributed by atoms with Crippen molar-refractivity contribution in [2.45, 2.75) is 38.8 Å². The summed E-state index contributed by atoms with van der Waals surface area (Å²) in [6.45, 7) is 2.60. The van der Waals surface area contributed by atoms with Gasteiger partial charge in [0.1, 0.15) is 0 Å². The highest BCUT2D eigenvalue weighted by molar-refractivity contribution is 5.76. The van der Waals surface area contributed by atoms with E-state index in [1.165, 1.54) is 0 Å². The van der Waals surface area contributed by atoms with Crippen molar-refractivity contribution in [3.63, 3.8) is 0 Å². The summed E-state index contributed by atoms with van der Waals surface area (Å²) in [4.78, 5) is 11.8. The third-order valence-electron chi connectivity index (χ3n) is 3.36. The van der Waals surface area contributed by atoms with Crippen LogP contribution in [-0.2, 0) is 11.3 Å². The molecule has 4 N–H and O–H groups in total. The number of hydrogen-bond acceptors (Lipinski definition) is 3. The molecular weight excluding hydrogens is 264 g/mol. The second-order valence-corrected chi connectivity index (χ2v) is 5.20. The van der Waals surface area contributed by atoms with Crippen molar-refractivity contribution in [1.82, 2.24) is 15.5 Å². The van der Waals surface area contributed by atoms with Crippen LogP contribution in [0.1, 0.15) is 31.7 Å². The van der Waals surface area contributed by atoms with E-state index >= 15 is 0 Å². The monoisotopic (exact) mass is 286 g/mol. The van der Waals surface area contributed by atoms with Gasteiger partial charge in [0.15, 0.2) is 0 Å². The highest BCUT2D eigenvalue weighted by Crippen LogP contribution is 2.16. The zero-order valence-corrected chi connectivity index (χ0v) is 12.3. The van der Waals surface area contributed by atoms with E-state index in [0.29, 0.717) is 13.0 Å². The SMILES string of the molecule is CCCC(N)CC(=O)NCc1ccc(-c2ccn[nH]2)cc1. The molecule has 0 saturated carbocycles. The summed E-state index contributed by atoms with van der Waals surface area (Å²) in [6.07, 6.45) is 4.00. The van der Waals surface area contributed by atoms with Crippen LogP contribution in [0.3, 0.4) is 0 Å². The van der Waals surface area contributed by atoms with Crippen molar-refractivity contribution in [3.8, 4) is 11.3 Å². The number of aromatic amines is 1. The predicted molar refractivity (Wildman–Crippen MR) is 83.4 cm³/mol. The first-order valence-corrected chi connectivity index (χ1v) is 7.30. The molecule has 0 aliphatic heterocycles. The Labute approximate surface area is 124 Å². The van der Waals surface area contributed by atoms with E-state index in [-0.39, 0.29) is 11.9 Å². The van der Waals surface area contributed by atoms with Crippen molar-refractivity contribution in [1.29, 1.82) is 0 Å². The number of carbonyl (C=O) groups excluding carboxylic acids is 1. The standard InChI is InChI=1S/C16H22N4O/c1-2-3-14(17)10-16(21)18-11-12-4-6-13(7-5-12)15-8-9-19-20-15/h4-9,14H,2-3,10-11,17H2,1H3,(H,18,21)(H,19,20). The lowest BCUT2D eigenvalue weighted by molar-refractivity contribution is -0.121. The lowest BCUT2D eigenvalue weighted by Crippen LogP contribution is -2.31. The van der Waals surface area contributed by atoms with Gasteiger partial charge in [0, 0.05) is 25.2 Å². The molecule has 1 aromatic heterocycles. The van der Waals surface area contributed by atoms with Crippen LogP contribution in [0.4, 0.5) is 0 Å². The number of nitrogens with two attached hydrogens (primary N) is 1. The Balaban J connectivity index is 1.82. The highest BCUT2D eigenvalue weighted by atomic mass is 16.1. The minimum absolute atomic E-state index is 0.00796. The number of nitrogens with one attached hydrogen (secondary N) is 2. The summed E-state index contributed by atoms with van der Waals surface area (Å²) in [5.74, 6) is 0.00796. The minimum Gasteiger partial charge on any atom is -0.352 e. The van der Waals surface area contributed by atoms with Gasteiger partial charge in [0.25, 0.3) is 0 Å². The van der Waals surface area contributed by atoms with Crippen molar-refractivity contribution < 1.29 is 4.79 Å². The van der Waals surface area contributed by atoms with Crippen molar-refractivity contribution in [2.75, 3.05) is 0 Å². The van der Waals surface area contributed by atoms with E-state index in [2.05, 4.69) is 22.4 Å². The Kier molecular flexibility index (Phi) is 5.51. The van der Waals surface area contributed by atoms with Gasteiger partial charge in [0.05, 0.1) is 5.69 Å². The van der Waals surface area contributed by atoms with Crippen molar-refractivity contribution >= 4 is 5.91 Å². The average molecular weight is 286 g/mol. The second kappa shape index (κ2) is 7.59. The quantitative estimate of drug-likeness (QED) is 0.729. The molecule has 1 unspecified atom stereocenters. The molecule has 2 aromatic rings. The van der Waals surface area contributed by atoms with Crippen LogP contribution >= 0.6 is 0 Å². The fourth-order valence-corrected chi connectivity index (χ4v) is 2.20. The number of rotatable bonds is 7. The van der Waals surface area contributed by atoms with Gasteiger partial charge in [0.2, 0.25) is 5.91 Å². The molecule has 1 heterocycles. The van der Waals surface area contributed by atoms with E-state index in [9.17, 15) is 4.79 Å². The Morgan fingerprint density at radius 2 is 2.10 bits per heavy atom. The zero-order valence-electron chi connectivity index (χ0n) is 12.3. The molecule has 5 nitrogen and oxygen atoms in total. The summed E-state index contributed by atoms with van der Waals surface area (Å²) >= 11 is 0. The smallest absolute Gasteiger partial charge is 0.221 e. The van der Waals surface area contributed by atoms with E-state index in [4.69, 9.17) is 5.73 Å². The molecule has 1 aromatic carbocycles. The molecule has 2 rings (SSSR count). The number of nitrogens with zero attached hydrogens (tertiary/aromatic N) is 1. The van der Waals surface area contributed by atoms with Gasteiger partial charge in [-0.2, -0.15) is 5.10 Å². The molecule has 1 amide bonds. The van der Waals surface area contributed by atoms with Crippen molar-refractivity contribution in [2.24, 2.45) is 5.73 Å². The summed E-state index contributed by atoms with van der Waals surface area (Å²) in [6, 6.07) is 9.91. The van der Waals surface area contributed by atoms with Gasteiger partial charge < -0.3 is 11.1 Å². The number of carbonyl (C=O) groups is 1. The van der Waals surface area contributed by atoms with Gasteiger partial charge in [-0.05, 0) is 23.6 Å². The molecule has 5 heteroatoms. The molecule has 0 bridgehead atoms. The van der Waals surface area contributed by atoms with Gasteiger partial charge in [-0.25, -0.2) is 0 Å². The molecule has 0 radical (unpaired) electrons. The lowest BCUT2D eigenvalue weighted by Gasteiger charge is -2.10. The number of aromatic nitrogens is 2. The van der Waals surface area contributed by atoms with E-state index in [0.717, 1.165) is 29.7 Å². The van der Waals surface area contributed by atoms with Gasteiger partial charge >= 0.3 is 0 Å². The van der Waals surface area contributed by atoms with Gasteiger partial charge in [-0.15, -0.1) is 0 Å². The maximum atomic E-state index is 11.8. The first kappa shape index (κ1) is 15.3. The largest absolute Gasteiger partial charge is 0.352 e. The zero-order chi connectivity index (χ0) is 15.1. The average Bonchev–Trinajstić information content (AvgIpc) is 3.00. The maximum absolute atomic E-state index is 11.8. The summed E-state index contributed by atoms with van der Waals surface area (Å²) in [5, 5.41) is 9.76. The fraction of sp³-hybridized carbons (Fsp3) is 0.375. The molecule has 0 spiro atoms. The number of H-pyrrole nitrogens is 1. The predicted octanol–water partition coefficient (Wildman–Crippen LogP) is 2.21. The minimum atomic E-state index is -0.0437. The topological polar surface area (TPSA) is 83.8 Å². The third kappa shape index (κ3) is 4.72. The molecule has 0 aliphatic rings. The van der Waals surface area contributed by atoms with Crippen LogP contribution < -0.4 is 11.1 Å². The maximum Gasteiger partial charge on any atom is 0.221 e. The summed E-state index contributed by atoms with van der Waals surface area (Å²) in [5.41, 5.74) is 8.98. The second-order valence-electron chi connectivity index (χ2n) is 5.20. The van der Waals surface area contributed by atoms with Crippen molar-refractivity contribution in [3.05, 3.63) is 42.1 Å².